The molecule has 0 unspecified atom stereocenters. The summed E-state index contributed by atoms with van der Waals surface area (Å²) in [5.41, 5.74) is 1.13. The number of rotatable bonds is 7. The summed E-state index contributed by atoms with van der Waals surface area (Å²) in [4.78, 5) is 4.63. The number of hydrogen-bond donors (Lipinski definition) is 2. The SMILES string of the molecule is CCNC(=NCc1nnc(C)n1C)NCC(C)(C)c1cccc(OC)c1.I. The van der Waals surface area contributed by atoms with Gasteiger partial charge in [0, 0.05) is 25.6 Å². The summed E-state index contributed by atoms with van der Waals surface area (Å²) >= 11 is 0. The van der Waals surface area contributed by atoms with Crippen molar-refractivity contribution >= 4 is 29.9 Å². The summed E-state index contributed by atoms with van der Waals surface area (Å²) in [5, 5.41) is 14.9. The summed E-state index contributed by atoms with van der Waals surface area (Å²) in [6, 6.07) is 8.18. The molecule has 1 aromatic carbocycles. The lowest BCUT2D eigenvalue weighted by molar-refractivity contribution is 0.411. The molecule has 7 nitrogen and oxygen atoms in total. The molecule has 0 radical (unpaired) electrons. The van der Waals surface area contributed by atoms with E-state index in [0.29, 0.717) is 6.54 Å². The number of guanidine groups is 1. The first-order valence-corrected chi connectivity index (χ1v) is 8.89. The van der Waals surface area contributed by atoms with E-state index in [1.165, 1.54) is 5.56 Å². The van der Waals surface area contributed by atoms with Crippen LogP contribution in [0.2, 0.25) is 0 Å². The van der Waals surface area contributed by atoms with Gasteiger partial charge >= 0.3 is 0 Å². The summed E-state index contributed by atoms with van der Waals surface area (Å²) in [6.45, 7) is 10.4. The quantitative estimate of drug-likeness (QED) is 0.358. The number of hydrogen-bond acceptors (Lipinski definition) is 4. The van der Waals surface area contributed by atoms with Crippen molar-refractivity contribution in [1.82, 2.24) is 25.4 Å². The van der Waals surface area contributed by atoms with Crippen LogP contribution in [0.25, 0.3) is 0 Å². The van der Waals surface area contributed by atoms with Gasteiger partial charge in [-0.25, -0.2) is 4.99 Å². The third-order valence-electron chi connectivity index (χ3n) is 4.45. The van der Waals surface area contributed by atoms with Crippen LogP contribution in [0.5, 0.6) is 5.75 Å². The van der Waals surface area contributed by atoms with Crippen LogP contribution in [0.4, 0.5) is 0 Å². The van der Waals surface area contributed by atoms with Crippen LogP contribution >= 0.6 is 24.0 Å². The van der Waals surface area contributed by atoms with Gasteiger partial charge in [-0.1, -0.05) is 26.0 Å². The Hall–Kier alpha value is -1.84. The van der Waals surface area contributed by atoms with Gasteiger partial charge < -0.3 is 19.9 Å². The molecule has 0 fully saturated rings. The Morgan fingerprint density at radius 1 is 1.26 bits per heavy atom. The lowest BCUT2D eigenvalue weighted by atomic mass is 9.84. The number of nitrogens with one attached hydrogen (secondary N) is 2. The Morgan fingerprint density at radius 3 is 2.59 bits per heavy atom. The lowest BCUT2D eigenvalue weighted by Crippen LogP contribution is -2.43. The van der Waals surface area contributed by atoms with E-state index in [2.05, 4.69) is 58.7 Å². The maximum atomic E-state index is 5.34. The second-order valence-corrected chi connectivity index (χ2v) is 6.89. The van der Waals surface area contributed by atoms with Crippen molar-refractivity contribution in [2.45, 2.75) is 39.7 Å². The van der Waals surface area contributed by atoms with Gasteiger partial charge in [-0.3, -0.25) is 0 Å². The summed E-state index contributed by atoms with van der Waals surface area (Å²) in [6.07, 6.45) is 0. The van der Waals surface area contributed by atoms with Crippen LogP contribution in [0.1, 0.15) is 38.0 Å². The fourth-order valence-electron chi connectivity index (χ4n) is 2.53. The molecule has 1 aromatic heterocycles. The predicted octanol–water partition coefficient (Wildman–Crippen LogP) is 2.78. The first-order chi connectivity index (χ1) is 12.4. The van der Waals surface area contributed by atoms with E-state index in [0.717, 1.165) is 36.4 Å². The highest BCUT2D eigenvalue weighted by Gasteiger charge is 2.21. The fourth-order valence-corrected chi connectivity index (χ4v) is 2.53. The highest BCUT2D eigenvalue weighted by Crippen LogP contribution is 2.25. The molecule has 0 saturated carbocycles. The molecule has 0 aliphatic carbocycles. The van der Waals surface area contributed by atoms with Crippen LogP contribution in [0.15, 0.2) is 29.3 Å². The Labute approximate surface area is 179 Å². The molecule has 0 atom stereocenters. The van der Waals surface area contributed by atoms with Crippen molar-refractivity contribution in [2.75, 3.05) is 20.2 Å². The van der Waals surface area contributed by atoms with E-state index < -0.39 is 0 Å². The van der Waals surface area contributed by atoms with Crippen molar-refractivity contribution in [2.24, 2.45) is 12.0 Å². The Kier molecular flexibility index (Phi) is 9.01. The monoisotopic (exact) mass is 486 g/mol. The zero-order valence-corrected chi connectivity index (χ0v) is 19.4. The molecule has 27 heavy (non-hydrogen) atoms. The molecule has 2 aromatic rings. The van der Waals surface area contributed by atoms with Crippen LogP contribution in [-0.2, 0) is 19.0 Å². The average molecular weight is 486 g/mol. The molecule has 0 spiro atoms. The van der Waals surface area contributed by atoms with Gasteiger partial charge in [0.05, 0.1) is 7.11 Å². The maximum absolute atomic E-state index is 5.34. The van der Waals surface area contributed by atoms with Crippen LogP contribution < -0.4 is 15.4 Å². The Balaban J connectivity index is 0.00000364. The van der Waals surface area contributed by atoms with Gasteiger partial charge in [0.15, 0.2) is 11.8 Å². The predicted molar refractivity (Wildman–Crippen MR) is 120 cm³/mol. The zero-order valence-electron chi connectivity index (χ0n) is 17.0. The second kappa shape index (κ2) is 10.5. The molecule has 2 N–H and O–H groups in total. The molecule has 0 bridgehead atoms. The number of aromatic nitrogens is 3. The van der Waals surface area contributed by atoms with Gasteiger partial charge in [-0.05, 0) is 31.5 Å². The van der Waals surface area contributed by atoms with E-state index in [1.54, 1.807) is 7.11 Å². The van der Waals surface area contributed by atoms with E-state index in [1.807, 2.05) is 30.7 Å². The van der Waals surface area contributed by atoms with Crippen LogP contribution in [-0.4, -0.2) is 40.9 Å². The number of nitrogens with zero attached hydrogens (tertiary/aromatic N) is 4. The molecule has 2 rings (SSSR count). The van der Waals surface area contributed by atoms with Crippen molar-refractivity contribution < 1.29 is 4.74 Å². The summed E-state index contributed by atoms with van der Waals surface area (Å²) in [7, 11) is 3.64. The van der Waals surface area contributed by atoms with Gasteiger partial charge in [0.25, 0.3) is 0 Å². The Bertz CT molecular complexity index is 756. The first-order valence-electron chi connectivity index (χ1n) is 8.89. The van der Waals surface area contributed by atoms with Crippen molar-refractivity contribution in [3.05, 3.63) is 41.5 Å². The Morgan fingerprint density at radius 2 is 2.00 bits per heavy atom. The van der Waals surface area contributed by atoms with Crippen molar-refractivity contribution in [1.29, 1.82) is 0 Å². The molecular weight excluding hydrogens is 455 g/mol. The topological polar surface area (TPSA) is 76.4 Å². The molecule has 1 heterocycles. The molecule has 0 aliphatic rings. The maximum Gasteiger partial charge on any atom is 0.191 e. The standard InChI is InChI=1S/C19H30N6O.HI/c1-7-20-18(21-12-17-24-23-14(2)25(17)5)22-13-19(3,4)15-9-8-10-16(11-15)26-6;/h8-11H,7,12-13H2,1-6H3,(H2,20,21,22);1H. The summed E-state index contributed by atoms with van der Waals surface area (Å²) < 4.78 is 7.29. The molecule has 150 valence electrons. The summed E-state index contributed by atoms with van der Waals surface area (Å²) in [5.74, 6) is 3.36. The van der Waals surface area contributed by atoms with E-state index in [4.69, 9.17) is 4.74 Å². The number of aliphatic imine (C=N–C) groups is 1. The van der Waals surface area contributed by atoms with E-state index in [9.17, 15) is 0 Å². The minimum Gasteiger partial charge on any atom is -0.497 e. The van der Waals surface area contributed by atoms with Gasteiger partial charge in [-0.2, -0.15) is 0 Å². The largest absolute Gasteiger partial charge is 0.497 e. The van der Waals surface area contributed by atoms with Crippen LogP contribution in [0, 0.1) is 6.92 Å². The van der Waals surface area contributed by atoms with Crippen molar-refractivity contribution in [3.8, 4) is 5.75 Å². The normalized spacial score (nSPS) is 11.7. The number of ether oxygens (including phenoxy) is 1. The third kappa shape index (κ3) is 6.37. The molecule has 0 saturated heterocycles. The average Bonchev–Trinajstić information content (AvgIpc) is 2.96. The molecule has 0 amide bonds. The van der Waals surface area contributed by atoms with Gasteiger partial charge in [0.1, 0.15) is 18.1 Å². The minimum atomic E-state index is -0.0773. The lowest BCUT2D eigenvalue weighted by Gasteiger charge is -2.27. The zero-order chi connectivity index (χ0) is 19.2. The molecule has 0 aliphatic heterocycles. The number of aryl methyl sites for hydroxylation is 1. The number of halogens is 1. The number of benzene rings is 1. The highest BCUT2D eigenvalue weighted by atomic mass is 127. The molecular formula is C19H31IN6O. The smallest absolute Gasteiger partial charge is 0.191 e. The van der Waals surface area contributed by atoms with Crippen LogP contribution in [0.3, 0.4) is 0 Å². The minimum absolute atomic E-state index is 0. The number of methoxy groups -OCH3 is 1. The second-order valence-electron chi connectivity index (χ2n) is 6.89. The third-order valence-corrected chi connectivity index (χ3v) is 4.45. The fraction of sp³-hybridized carbons (Fsp3) is 0.526. The van der Waals surface area contributed by atoms with Gasteiger partial charge in [0.2, 0.25) is 0 Å². The molecule has 8 heteroatoms. The highest BCUT2D eigenvalue weighted by molar-refractivity contribution is 14.0. The first kappa shape index (κ1) is 23.2. The van der Waals surface area contributed by atoms with E-state index in [-0.39, 0.29) is 29.4 Å². The van der Waals surface area contributed by atoms with Gasteiger partial charge in [-0.15, -0.1) is 34.2 Å². The van der Waals surface area contributed by atoms with E-state index >= 15 is 0 Å². The van der Waals surface area contributed by atoms with Crippen molar-refractivity contribution in [3.63, 3.8) is 0 Å².